The van der Waals surface area contributed by atoms with Crippen LogP contribution < -0.4 is 14.8 Å². The second-order valence-corrected chi connectivity index (χ2v) is 7.18. The van der Waals surface area contributed by atoms with Crippen molar-refractivity contribution in [2.75, 3.05) is 26.6 Å². The number of rotatable bonds is 6. The Labute approximate surface area is 202 Å². The van der Waals surface area contributed by atoms with Gasteiger partial charge in [-0.05, 0) is 31.2 Å². The molecule has 0 bridgehead atoms. The molecule has 0 spiro atoms. The lowest BCUT2D eigenvalue weighted by atomic mass is 10.1. The number of aromatic nitrogens is 1. The molecule has 0 aliphatic heterocycles. The number of hydrogen-bond donors (Lipinski definition) is 1. The van der Waals surface area contributed by atoms with Crippen molar-refractivity contribution >= 4 is 40.9 Å². The fourth-order valence-electron chi connectivity index (χ4n) is 3.51. The van der Waals surface area contributed by atoms with Crippen molar-refractivity contribution in [3.8, 4) is 23.0 Å². The Bertz CT molecular complexity index is 1370. The number of amides is 1. The number of aryl methyl sites for hydroxylation is 1. The van der Waals surface area contributed by atoms with E-state index < -0.39 is 11.9 Å². The Morgan fingerprint density at radius 2 is 1.62 bits per heavy atom. The van der Waals surface area contributed by atoms with Crippen LogP contribution in [0.1, 0.15) is 26.5 Å². The predicted molar refractivity (Wildman–Crippen MR) is 130 cm³/mol. The Hall–Kier alpha value is -4.04. The van der Waals surface area contributed by atoms with Gasteiger partial charge in [-0.15, -0.1) is 12.4 Å². The number of hydrogen-bond acceptors (Lipinski definition) is 7. The molecule has 0 fully saturated rings. The summed E-state index contributed by atoms with van der Waals surface area (Å²) in [5.74, 6) is 0.910. The summed E-state index contributed by atoms with van der Waals surface area (Å²) in [7, 11) is 4.19. The van der Waals surface area contributed by atoms with Crippen molar-refractivity contribution in [3.63, 3.8) is 0 Å². The second-order valence-electron chi connectivity index (χ2n) is 7.18. The van der Waals surface area contributed by atoms with Gasteiger partial charge in [-0.2, -0.15) is 0 Å². The highest BCUT2D eigenvalue weighted by atomic mass is 35.5. The fourth-order valence-corrected chi connectivity index (χ4v) is 3.51. The molecule has 0 unspecified atom stereocenters. The maximum absolute atomic E-state index is 13.4. The van der Waals surface area contributed by atoms with Crippen LogP contribution >= 0.6 is 12.4 Å². The molecule has 2 heterocycles. The quantitative estimate of drug-likeness (QED) is 0.373. The number of benzene rings is 2. The van der Waals surface area contributed by atoms with Gasteiger partial charge in [-0.25, -0.2) is 9.78 Å². The summed E-state index contributed by atoms with van der Waals surface area (Å²) in [5.41, 5.74) is 1.88. The van der Waals surface area contributed by atoms with Gasteiger partial charge in [-0.1, -0.05) is 18.2 Å². The maximum Gasteiger partial charge on any atom is 0.340 e. The van der Waals surface area contributed by atoms with E-state index in [0.717, 1.165) is 5.76 Å². The number of carbonyl (C=O) groups is 2. The topological polar surface area (TPSA) is 99.9 Å². The first-order chi connectivity index (χ1) is 15.9. The maximum atomic E-state index is 13.4. The van der Waals surface area contributed by atoms with E-state index in [1.165, 1.54) is 33.5 Å². The average molecular weight is 483 g/mol. The fraction of sp³-hybridized carbons (Fsp3) is 0.160. The third kappa shape index (κ3) is 4.67. The first kappa shape index (κ1) is 24.6. The largest absolute Gasteiger partial charge is 0.493 e. The van der Waals surface area contributed by atoms with E-state index >= 15 is 0 Å². The number of anilines is 1. The smallest absolute Gasteiger partial charge is 0.340 e. The van der Waals surface area contributed by atoms with Crippen LogP contribution in [-0.2, 0) is 4.74 Å². The van der Waals surface area contributed by atoms with Crippen LogP contribution in [0.15, 0.2) is 59.0 Å². The van der Waals surface area contributed by atoms with E-state index in [9.17, 15) is 9.59 Å². The molecule has 1 N–H and O–H groups in total. The third-order valence-corrected chi connectivity index (χ3v) is 5.13. The van der Waals surface area contributed by atoms with Crippen LogP contribution in [0, 0.1) is 6.92 Å². The number of ether oxygens (including phenoxy) is 3. The molecule has 9 heteroatoms. The number of pyridine rings is 1. The summed E-state index contributed by atoms with van der Waals surface area (Å²) >= 11 is 0. The predicted octanol–water partition coefficient (Wildman–Crippen LogP) is 5.28. The molecule has 1 amide bonds. The van der Waals surface area contributed by atoms with Gasteiger partial charge in [-0.3, -0.25) is 4.79 Å². The SMILES string of the molecule is COC(=O)c1cc(OC)c(OC)cc1NC(=O)c1cc(-c2ccc(C)o2)nc2ccccc12.Cl. The molecule has 0 aliphatic rings. The Kier molecular flexibility index (Phi) is 7.43. The minimum Gasteiger partial charge on any atom is -0.493 e. The normalized spacial score (nSPS) is 10.4. The number of methoxy groups -OCH3 is 3. The molecular weight excluding hydrogens is 460 g/mol. The number of furan rings is 1. The van der Waals surface area contributed by atoms with Gasteiger partial charge < -0.3 is 23.9 Å². The zero-order chi connectivity index (χ0) is 23.5. The average Bonchev–Trinajstić information content (AvgIpc) is 3.28. The summed E-state index contributed by atoms with van der Waals surface area (Å²) in [6.45, 7) is 1.84. The Morgan fingerprint density at radius 3 is 2.26 bits per heavy atom. The van der Waals surface area contributed by atoms with Crippen LogP contribution in [0.4, 0.5) is 5.69 Å². The number of fused-ring (bicyclic) bond motifs is 1. The molecule has 176 valence electrons. The number of carbonyl (C=O) groups excluding carboxylic acids is 2. The molecule has 4 aromatic rings. The van der Waals surface area contributed by atoms with Crippen LogP contribution in [0.25, 0.3) is 22.4 Å². The van der Waals surface area contributed by atoms with Crippen LogP contribution in [0.3, 0.4) is 0 Å². The van der Waals surface area contributed by atoms with Gasteiger partial charge in [0.05, 0.1) is 43.7 Å². The third-order valence-electron chi connectivity index (χ3n) is 5.13. The van der Waals surface area contributed by atoms with Gasteiger partial charge in [0.25, 0.3) is 5.91 Å². The lowest BCUT2D eigenvalue weighted by molar-refractivity contribution is 0.0601. The van der Waals surface area contributed by atoms with E-state index in [-0.39, 0.29) is 23.7 Å². The van der Waals surface area contributed by atoms with E-state index in [0.29, 0.717) is 39.4 Å². The highest BCUT2D eigenvalue weighted by Crippen LogP contribution is 2.34. The zero-order valence-electron chi connectivity index (χ0n) is 19.0. The van der Waals surface area contributed by atoms with Gasteiger partial charge in [0.2, 0.25) is 0 Å². The molecule has 0 aliphatic carbocycles. The van der Waals surface area contributed by atoms with Gasteiger partial charge in [0.15, 0.2) is 17.3 Å². The first-order valence-corrected chi connectivity index (χ1v) is 10.1. The lowest BCUT2D eigenvalue weighted by Gasteiger charge is -2.15. The van der Waals surface area contributed by atoms with Crippen molar-refractivity contribution in [3.05, 3.63) is 71.5 Å². The number of nitrogens with one attached hydrogen (secondary N) is 1. The standard InChI is InChI=1S/C25H22N2O6.ClH/c1-14-9-10-21(33-14)20-11-16(15-7-5-6-8-18(15)26-20)24(28)27-19-13-23(31-3)22(30-2)12-17(19)25(29)32-4;/h5-13H,1-4H3,(H,27,28);1H. The molecule has 0 saturated heterocycles. The van der Waals surface area contributed by atoms with Crippen LogP contribution in [-0.4, -0.2) is 38.2 Å². The van der Waals surface area contributed by atoms with Crippen molar-refractivity contribution in [1.29, 1.82) is 0 Å². The zero-order valence-corrected chi connectivity index (χ0v) is 19.8. The molecule has 4 rings (SSSR count). The number of nitrogens with zero attached hydrogens (tertiary/aromatic N) is 1. The molecule has 2 aromatic carbocycles. The molecular formula is C25H23ClN2O6. The van der Waals surface area contributed by atoms with E-state index in [2.05, 4.69) is 10.3 Å². The molecule has 8 nitrogen and oxygen atoms in total. The van der Waals surface area contributed by atoms with E-state index in [1.54, 1.807) is 12.1 Å². The van der Waals surface area contributed by atoms with Crippen molar-refractivity contribution in [1.82, 2.24) is 4.98 Å². The summed E-state index contributed by atoms with van der Waals surface area (Å²) < 4.78 is 21.2. The molecule has 0 saturated carbocycles. The minimum atomic E-state index is -0.627. The van der Waals surface area contributed by atoms with Crippen molar-refractivity contribution < 1.29 is 28.2 Å². The van der Waals surface area contributed by atoms with Crippen LogP contribution in [0.2, 0.25) is 0 Å². The summed E-state index contributed by atoms with van der Waals surface area (Å²) in [5, 5.41) is 3.47. The molecule has 0 radical (unpaired) electrons. The number of halogens is 1. The summed E-state index contributed by atoms with van der Waals surface area (Å²) in [4.78, 5) is 30.5. The van der Waals surface area contributed by atoms with Crippen LogP contribution in [0.5, 0.6) is 11.5 Å². The van der Waals surface area contributed by atoms with E-state index in [1.807, 2.05) is 37.3 Å². The highest BCUT2D eigenvalue weighted by Gasteiger charge is 2.21. The number of para-hydroxylation sites is 1. The minimum absolute atomic E-state index is 0. The first-order valence-electron chi connectivity index (χ1n) is 10.1. The number of esters is 1. The van der Waals surface area contributed by atoms with E-state index in [4.69, 9.17) is 18.6 Å². The Balaban J connectivity index is 0.00000324. The van der Waals surface area contributed by atoms with Gasteiger partial charge in [0, 0.05) is 17.5 Å². The highest BCUT2D eigenvalue weighted by molar-refractivity contribution is 6.14. The van der Waals surface area contributed by atoms with Crippen molar-refractivity contribution in [2.24, 2.45) is 0 Å². The molecule has 0 atom stereocenters. The summed E-state index contributed by atoms with van der Waals surface area (Å²) in [6, 6.07) is 15.6. The molecule has 34 heavy (non-hydrogen) atoms. The Morgan fingerprint density at radius 1 is 0.912 bits per heavy atom. The second kappa shape index (κ2) is 10.3. The summed E-state index contributed by atoms with van der Waals surface area (Å²) in [6.07, 6.45) is 0. The van der Waals surface area contributed by atoms with Gasteiger partial charge >= 0.3 is 5.97 Å². The monoisotopic (exact) mass is 482 g/mol. The molecule has 2 aromatic heterocycles. The van der Waals surface area contributed by atoms with Crippen molar-refractivity contribution in [2.45, 2.75) is 6.92 Å². The van der Waals surface area contributed by atoms with Gasteiger partial charge in [0.1, 0.15) is 11.5 Å². The lowest BCUT2D eigenvalue weighted by Crippen LogP contribution is -2.16.